The van der Waals surface area contributed by atoms with E-state index in [0.717, 1.165) is 0 Å². The first-order valence-corrected chi connectivity index (χ1v) is 4.77. The van der Waals surface area contributed by atoms with E-state index in [0.29, 0.717) is 12.0 Å². The summed E-state index contributed by atoms with van der Waals surface area (Å²) in [6, 6.07) is 1.51. The van der Waals surface area contributed by atoms with Gasteiger partial charge in [-0.05, 0) is 13.0 Å². The molecule has 0 aliphatic carbocycles. The Hall–Kier alpha value is -1.53. The molecule has 1 rings (SSSR count). The number of hydrogen-bond acceptors (Lipinski definition) is 3. The average molecular weight is 224 g/mol. The average Bonchev–Trinajstić information content (AvgIpc) is 2.18. The lowest BCUT2D eigenvalue weighted by Gasteiger charge is -2.10. The number of rotatable bonds is 3. The predicted molar refractivity (Wildman–Crippen MR) is 57.6 cm³/mol. The first-order valence-electron chi connectivity index (χ1n) is 4.39. The molecule has 0 unspecified atom stereocenters. The fourth-order valence-electron chi connectivity index (χ4n) is 0.995. The Morgan fingerprint density at radius 2 is 2.53 bits per heavy atom. The highest BCUT2D eigenvalue weighted by Gasteiger charge is 2.14. The zero-order valence-electron chi connectivity index (χ0n) is 8.24. The fraction of sp³-hybridized carbons (Fsp3) is 0.273. The van der Waals surface area contributed by atoms with Crippen molar-refractivity contribution in [2.24, 2.45) is 0 Å². The fourth-order valence-corrected chi connectivity index (χ4v) is 1.19. The molecule has 0 N–H and O–H groups in total. The summed E-state index contributed by atoms with van der Waals surface area (Å²) >= 11 is 5.78. The first-order chi connectivity index (χ1) is 7.15. The number of halogens is 1. The van der Waals surface area contributed by atoms with Crippen LogP contribution in [-0.4, -0.2) is 17.1 Å². The monoisotopic (exact) mass is 223 g/mol. The SMILES string of the molecule is C#CC[C@H](C)OC(=O)c1ccncc1Cl. The van der Waals surface area contributed by atoms with Gasteiger partial charge in [-0.3, -0.25) is 4.98 Å². The van der Waals surface area contributed by atoms with Gasteiger partial charge in [0, 0.05) is 18.8 Å². The molecule has 0 aromatic carbocycles. The summed E-state index contributed by atoms with van der Waals surface area (Å²) in [5.74, 6) is 1.94. The maximum Gasteiger partial charge on any atom is 0.340 e. The van der Waals surface area contributed by atoms with Crippen LogP contribution in [0.2, 0.25) is 5.02 Å². The second-order valence-electron chi connectivity index (χ2n) is 2.98. The molecule has 0 fully saturated rings. The van der Waals surface area contributed by atoms with Crippen LogP contribution in [-0.2, 0) is 4.74 Å². The predicted octanol–water partition coefficient (Wildman–Crippen LogP) is 2.30. The van der Waals surface area contributed by atoms with Crippen LogP contribution in [0.25, 0.3) is 0 Å². The van der Waals surface area contributed by atoms with Gasteiger partial charge >= 0.3 is 5.97 Å². The molecule has 3 nitrogen and oxygen atoms in total. The number of carbonyl (C=O) groups is 1. The summed E-state index contributed by atoms with van der Waals surface area (Å²) in [7, 11) is 0. The molecule has 1 atom stereocenters. The molecule has 0 saturated carbocycles. The molecule has 0 radical (unpaired) electrons. The van der Waals surface area contributed by atoms with Crippen molar-refractivity contribution in [3.8, 4) is 12.3 Å². The highest BCUT2D eigenvalue weighted by atomic mass is 35.5. The third-order valence-electron chi connectivity index (χ3n) is 1.71. The van der Waals surface area contributed by atoms with Crippen molar-refractivity contribution in [2.75, 3.05) is 0 Å². The number of hydrogen-bond donors (Lipinski definition) is 0. The number of carbonyl (C=O) groups excluding carboxylic acids is 1. The van der Waals surface area contributed by atoms with Crippen LogP contribution in [0.1, 0.15) is 23.7 Å². The third-order valence-corrected chi connectivity index (χ3v) is 2.01. The normalized spacial score (nSPS) is 11.5. The number of pyridine rings is 1. The minimum atomic E-state index is -0.481. The van der Waals surface area contributed by atoms with E-state index in [1.807, 2.05) is 0 Å². The van der Waals surface area contributed by atoms with Crippen molar-refractivity contribution in [1.82, 2.24) is 4.98 Å². The highest BCUT2D eigenvalue weighted by Crippen LogP contribution is 2.15. The molecule has 0 saturated heterocycles. The third kappa shape index (κ3) is 3.26. The zero-order valence-corrected chi connectivity index (χ0v) is 8.99. The highest BCUT2D eigenvalue weighted by molar-refractivity contribution is 6.33. The molecule has 0 amide bonds. The van der Waals surface area contributed by atoms with E-state index in [4.69, 9.17) is 22.8 Å². The Labute approximate surface area is 93.4 Å². The van der Waals surface area contributed by atoms with Crippen molar-refractivity contribution in [1.29, 1.82) is 0 Å². The summed E-state index contributed by atoms with van der Waals surface area (Å²) in [6.07, 6.45) is 8.04. The topological polar surface area (TPSA) is 39.2 Å². The Morgan fingerprint density at radius 3 is 3.13 bits per heavy atom. The van der Waals surface area contributed by atoms with E-state index in [-0.39, 0.29) is 11.1 Å². The van der Waals surface area contributed by atoms with Gasteiger partial charge in [0.15, 0.2) is 0 Å². The van der Waals surface area contributed by atoms with Crippen LogP contribution in [0.15, 0.2) is 18.5 Å². The molecule has 0 spiro atoms. The number of nitrogens with zero attached hydrogens (tertiary/aromatic N) is 1. The summed E-state index contributed by atoms with van der Waals surface area (Å²) in [5, 5.41) is 0.274. The zero-order chi connectivity index (χ0) is 11.3. The van der Waals surface area contributed by atoms with Gasteiger partial charge in [0.2, 0.25) is 0 Å². The molecule has 1 heterocycles. The van der Waals surface area contributed by atoms with Gasteiger partial charge in [-0.2, -0.15) is 0 Å². The van der Waals surface area contributed by atoms with Gasteiger partial charge in [-0.1, -0.05) is 11.6 Å². The number of ether oxygens (including phenoxy) is 1. The number of terminal acetylenes is 1. The van der Waals surface area contributed by atoms with E-state index < -0.39 is 5.97 Å². The minimum Gasteiger partial charge on any atom is -0.458 e. The molecule has 15 heavy (non-hydrogen) atoms. The molecule has 4 heteroatoms. The van der Waals surface area contributed by atoms with Crippen LogP contribution in [0.5, 0.6) is 0 Å². The smallest absolute Gasteiger partial charge is 0.340 e. The van der Waals surface area contributed by atoms with Crippen LogP contribution in [0.3, 0.4) is 0 Å². The second kappa shape index (κ2) is 5.38. The molecule has 0 aliphatic rings. The maximum atomic E-state index is 11.5. The summed E-state index contributed by atoms with van der Waals surface area (Å²) in [6.45, 7) is 1.73. The molecule has 0 aliphatic heterocycles. The van der Waals surface area contributed by atoms with E-state index in [1.54, 1.807) is 6.92 Å². The quantitative estimate of drug-likeness (QED) is 0.583. The van der Waals surface area contributed by atoms with Crippen molar-refractivity contribution in [3.63, 3.8) is 0 Å². The van der Waals surface area contributed by atoms with Gasteiger partial charge in [0.1, 0.15) is 6.10 Å². The van der Waals surface area contributed by atoms with E-state index in [2.05, 4.69) is 10.9 Å². The van der Waals surface area contributed by atoms with E-state index >= 15 is 0 Å². The largest absolute Gasteiger partial charge is 0.458 e. The Bertz CT molecular complexity index is 398. The van der Waals surface area contributed by atoms with Crippen LogP contribution >= 0.6 is 11.6 Å². The second-order valence-corrected chi connectivity index (χ2v) is 3.39. The van der Waals surface area contributed by atoms with Crippen molar-refractivity contribution < 1.29 is 9.53 Å². The maximum absolute atomic E-state index is 11.5. The Morgan fingerprint density at radius 1 is 1.80 bits per heavy atom. The standard InChI is InChI=1S/C11H10ClNO2/c1-3-4-8(2)15-11(14)9-5-6-13-7-10(9)12/h1,5-8H,4H2,2H3/t8-/m0/s1. The van der Waals surface area contributed by atoms with Gasteiger partial charge in [0.05, 0.1) is 10.6 Å². The molecular formula is C11H10ClNO2. The lowest BCUT2D eigenvalue weighted by molar-refractivity contribution is 0.0352. The van der Waals surface area contributed by atoms with Crippen LogP contribution in [0, 0.1) is 12.3 Å². The van der Waals surface area contributed by atoms with Gasteiger partial charge in [-0.25, -0.2) is 4.79 Å². The molecular weight excluding hydrogens is 214 g/mol. The van der Waals surface area contributed by atoms with Gasteiger partial charge in [-0.15, -0.1) is 12.3 Å². The van der Waals surface area contributed by atoms with E-state index in [1.165, 1.54) is 18.5 Å². The van der Waals surface area contributed by atoms with Crippen molar-refractivity contribution >= 4 is 17.6 Å². The molecule has 1 aromatic rings. The van der Waals surface area contributed by atoms with Crippen LogP contribution < -0.4 is 0 Å². The Balaban J connectivity index is 2.70. The lowest BCUT2D eigenvalue weighted by Crippen LogP contribution is -2.14. The van der Waals surface area contributed by atoms with Crippen LogP contribution in [0.4, 0.5) is 0 Å². The summed E-state index contributed by atoms with van der Waals surface area (Å²) in [4.78, 5) is 15.3. The number of esters is 1. The van der Waals surface area contributed by atoms with E-state index in [9.17, 15) is 4.79 Å². The minimum absolute atomic E-state index is 0.274. The summed E-state index contributed by atoms with van der Waals surface area (Å²) < 4.78 is 5.06. The lowest BCUT2D eigenvalue weighted by atomic mass is 10.2. The Kier molecular flexibility index (Phi) is 4.14. The van der Waals surface area contributed by atoms with Gasteiger partial charge in [0.25, 0.3) is 0 Å². The molecule has 78 valence electrons. The van der Waals surface area contributed by atoms with Gasteiger partial charge < -0.3 is 4.74 Å². The first kappa shape index (κ1) is 11.5. The van der Waals surface area contributed by atoms with Crippen molar-refractivity contribution in [2.45, 2.75) is 19.4 Å². The van der Waals surface area contributed by atoms with Crippen molar-refractivity contribution in [3.05, 3.63) is 29.0 Å². The molecule has 0 bridgehead atoms. The number of aromatic nitrogens is 1. The molecule has 1 aromatic heterocycles. The summed E-state index contributed by atoms with van der Waals surface area (Å²) in [5.41, 5.74) is 0.301.